The molecule has 1 aromatic carbocycles. The fourth-order valence-electron chi connectivity index (χ4n) is 4.08. The number of carbonyl (C=O) groups excluding carboxylic acids is 1. The van der Waals surface area contributed by atoms with Crippen molar-refractivity contribution >= 4 is 29.3 Å². The number of rotatable bonds is 9. The van der Waals surface area contributed by atoms with Gasteiger partial charge in [0, 0.05) is 32.5 Å². The zero-order valence-electron chi connectivity index (χ0n) is 18.5. The number of benzene rings is 1. The van der Waals surface area contributed by atoms with E-state index >= 15 is 0 Å². The highest BCUT2D eigenvalue weighted by atomic mass is 35.5. The molecule has 0 unspecified atom stereocenters. The molecule has 1 aliphatic carbocycles. The lowest BCUT2D eigenvalue weighted by atomic mass is 10.1. The van der Waals surface area contributed by atoms with Crippen LogP contribution in [-0.2, 0) is 4.79 Å². The summed E-state index contributed by atoms with van der Waals surface area (Å²) in [5.41, 5.74) is 1.03. The quantitative estimate of drug-likeness (QED) is 0.595. The summed E-state index contributed by atoms with van der Waals surface area (Å²) in [5, 5.41) is 12.8. The van der Waals surface area contributed by atoms with Gasteiger partial charge in [0.05, 0.1) is 25.4 Å². The van der Waals surface area contributed by atoms with Crippen LogP contribution in [-0.4, -0.2) is 59.4 Å². The van der Waals surface area contributed by atoms with Crippen molar-refractivity contribution in [2.24, 2.45) is 0 Å². The third kappa shape index (κ3) is 5.42. The van der Waals surface area contributed by atoms with Gasteiger partial charge in [0.1, 0.15) is 16.9 Å². The third-order valence-corrected chi connectivity index (χ3v) is 6.11. The van der Waals surface area contributed by atoms with Crippen molar-refractivity contribution in [1.82, 2.24) is 15.3 Å². The summed E-state index contributed by atoms with van der Waals surface area (Å²) in [4.78, 5) is 24.6. The molecule has 0 spiro atoms. The van der Waals surface area contributed by atoms with Crippen LogP contribution in [0.5, 0.6) is 5.75 Å². The molecule has 1 saturated carbocycles. The van der Waals surface area contributed by atoms with E-state index in [-0.39, 0.29) is 24.7 Å². The molecule has 0 radical (unpaired) electrons. The topological polar surface area (TPSA) is 90.8 Å². The monoisotopic (exact) mass is 459 g/mol. The number of carbonyl (C=O) groups is 1. The number of ether oxygens (including phenoxy) is 1. The van der Waals surface area contributed by atoms with Gasteiger partial charge in [-0.3, -0.25) is 4.79 Å². The molecule has 1 amide bonds. The van der Waals surface area contributed by atoms with Crippen molar-refractivity contribution in [3.63, 3.8) is 0 Å². The molecule has 2 atom stereocenters. The van der Waals surface area contributed by atoms with Crippen molar-refractivity contribution < 1.29 is 14.6 Å². The second-order valence-corrected chi connectivity index (χ2v) is 8.86. The molecule has 1 saturated heterocycles. The molecule has 172 valence electrons. The molecule has 8 nitrogen and oxygen atoms in total. The number of aliphatic hydroxyl groups is 1. The van der Waals surface area contributed by atoms with Gasteiger partial charge in [-0.15, -0.1) is 0 Å². The second-order valence-electron chi connectivity index (χ2n) is 8.46. The molecule has 2 fully saturated rings. The van der Waals surface area contributed by atoms with Crippen LogP contribution in [0.15, 0.2) is 30.5 Å². The lowest BCUT2D eigenvalue weighted by Crippen LogP contribution is -2.32. The Hall–Kier alpha value is -2.58. The average Bonchev–Trinajstić information content (AvgIpc) is 3.51. The molecular formula is C23H30ClN5O3. The summed E-state index contributed by atoms with van der Waals surface area (Å²) in [6, 6.07) is 8.19. The number of halogens is 1. The molecular weight excluding hydrogens is 430 g/mol. The first-order valence-electron chi connectivity index (χ1n) is 11.1. The molecule has 1 aliphatic heterocycles. The predicted molar refractivity (Wildman–Crippen MR) is 124 cm³/mol. The standard InChI is InChI=1S/C23H30ClN5O3/c1-15(26-16(2)31)17-3-7-19(8-4-17)32-20-9-10-28(14-20)22-21(24)13-25-23(27-22)29(11-12-30)18-5-6-18/h3-4,7-8,13,15,18,20,30H,5-6,9-12,14H2,1-2H3,(H,26,31)/t15-,20+/m0/s1. The molecule has 4 rings (SSSR count). The minimum absolute atomic E-state index is 0.0278. The van der Waals surface area contributed by atoms with E-state index in [1.165, 1.54) is 6.92 Å². The van der Waals surface area contributed by atoms with Crippen molar-refractivity contribution in [3.8, 4) is 5.75 Å². The van der Waals surface area contributed by atoms with Gasteiger partial charge in [-0.05, 0) is 37.5 Å². The van der Waals surface area contributed by atoms with E-state index in [2.05, 4.69) is 20.1 Å². The highest BCUT2D eigenvalue weighted by molar-refractivity contribution is 6.32. The van der Waals surface area contributed by atoms with Crippen LogP contribution < -0.4 is 19.9 Å². The summed E-state index contributed by atoms with van der Waals surface area (Å²) >= 11 is 6.44. The maximum atomic E-state index is 11.3. The Kier molecular flexibility index (Phi) is 7.01. The first-order chi connectivity index (χ1) is 15.4. The van der Waals surface area contributed by atoms with Gasteiger partial charge in [0.25, 0.3) is 0 Å². The summed E-state index contributed by atoms with van der Waals surface area (Å²) in [7, 11) is 0. The Bertz CT molecular complexity index is 938. The van der Waals surface area contributed by atoms with Gasteiger partial charge in [0.2, 0.25) is 11.9 Å². The van der Waals surface area contributed by atoms with E-state index in [9.17, 15) is 9.90 Å². The van der Waals surface area contributed by atoms with Crippen LogP contribution in [0.1, 0.15) is 44.7 Å². The van der Waals surface area contributed by atoms with Crippen LogP contribution in [0, 0.1) is 0 Å². The van der Waals surface area contributed by atoms with Crippen molar-refractivity contribution in [2.45, 2.75) is 51.3 Å². The first kappa shape index (κ1) is 22.6. The van der Waals surface area contributed by atoms with Gasteiger partial charge >= 0.3 is 0 Å². The normalized spacial score (nSPS) is 19.0. The largest absolute Gasteiger partial charge is 0.489 e. The smallest absolute Gasteiger partial charge is 0.227 e. The SMILES string of the molecule is CC(=O)N[C@@H](C)c1ccc(O[C@@H]2CCN(c3nc(N(CCO)C4CC4)ncc3Cl)C2)cc1. The first-order valence-corrected chi connectivity index (χ1v) is 11.5. The van der Waals surface area contributed by atoms with E-state index < -0.39 is 0 Å². The van der Waals surface area contributed by atoms with Crippen LogP contribution >= 0.6 is 11.6 Å². The number of nitrogens with one attached hydrogen (secondary N) is 1. The lowest BCUT2D eigenvalue weighted by molar-refractivity contribution is -0.119. The molecule has 0 bridgehead atoms. The summed E-state index contributed by atoms with van der Waals surface area (Å²) < 4.78 is 6.19. The highest BCUT2D eigenvalue weighted by Gasteiger charge is 2.32. The summed E-state index contributed by atoms with van der Waals surface area (Å²) in [6.07, 6.45) is 4.74. The zero-order valence-corrected chi connectivity index (χ0v) is 19.3. The van der Waals surface area contributed by atoms with Crippen LogP contribution in [0.25, 0.3) is 0 Å². The molecule has 32 heavy (non-hydrogen) atoms. The summed E-state index contributed by atoms with van der Waals surface area (Å²) in [6.45, 7) is 5.54. The number of anilines is 2. The van der Waals surface area contributed by atoms with Crippen LogP contribution in [0.4, 0.5) is 11.8 Å². The van der Waals surface area contributed by atoms with Crippen molar-refractivity contribution in [3.05, 3.63) is 41.0 Å². The van der Waals surface area contributed by atoms with Crippen molar-refractivity contribution in [2.75, 3.05) is 36.0 Å². The van der Waals surface area contributed by atoms with Crippen molar-refractivity contribution in [1.29, 1.82) is 0 Å². The molecule has 2 aliphatic rings. The van der Waals surface area contributed by atoms with Gasteiger partial charge in [-0.25, -0.2) is 4.98 Å². The fourth-order valence-corrected chi connectivity index (χ4v) is 4.29. The van der Waals surface area contributed by atoms with Crippen LogP contribution in [0.2, 0.25) is 5.02 Å². The number of hydrogen-bond donors (Lipinski definition) is 2. The van der Waals surface area contributed by atoms with E-state index in [1.54, 1.807) is 6.20 Å². The van der Waals surface area contributed by atoms with E-state index in [0.29, 0.717) is 35.9 Å². The number of nitrogens with zero attached hydrogens (tertiary/aromatic N) is 4. The van der Waals surface area contributed by atoms with Gasteiger partial charge in [-0.2, -0.15) is 4.98 Å². The van der Waals surface area contributed by atoms with E-state index in [0.717, 1.165) is 37.1 Å². The van der Waals surface area contributed by atoms with E-state index in [1.807, 2.05) is 31.2 Å². The van der Waals surface area contributed by atoms with Gasteiger partial charge < -0.3 is 25.0 Å². The molecule has 2 heterocycles. The Morgan fingerprint density at radius 3 is 2.75 bits per heavy atom. The van der Waals surface area contributed by atoms with Gasteiger partial charge in [0.15, 0.2) is 5.82 Å². The number of amides is 1. The Morgan fingerprint density at radius 1 is 1.34 bits per heavy atom. The highest BCUT2D eigenvalue weighted by Crippen LogP contribution is 2.33. The Morgan fingerprint density at radius 2 is 2.09 bits per heavy atom. The molecule has 2 aromatic rings. The van der Waals surface area contributed by atoms with Crippen LogP contribution in [0.3, 0.4) is 0 Å². The Balaban J connectivity index is 1.39. The molecule has 2 N–H and O–H groups in total. The maximum Gasteiger partial charge on any atom is 0.227 e. The van der Waals surface area contributed by atoms with E-state index in [4.69, 9.17) is 21.3 Å². The summed E-state index contributed by atoms with van der Waals surface area (Å²) in [5.74, 6) is 2.08. The Labute approximate surface area is 193 Å². The lowest BCUT2D eigenvalue weighted by Gasteiger charge is -2.24. The zero-order chi connectivity index (χ0) is 22.7. The number of aromatic nitrogens is 2. The number of hydrogen-bond acceptors (Lipinski definition) is 7. The second kappa shape index (κ2) is 9.92. The van der Waals surface area contributed by atoms with Gasteiger partial charge in [-0.1, -0.05) is 23.7 Å². The fraction of sp³-hybridized carbons (Fsp3) is 0.522. The third-order valence-electron chi connectivity index (χ3n) is 5.85. The minimum atomic E-state index is -0.0491. The molecule has 1 aromatic heterocycles. The minimum Gasteiger partial charge on any atom is -0.489 e. The predicted octanol–water partition coefficient (Wildman–Crippen LogP) is 2.95. The molecule has 9 heteroatoms. The number of aliphatic hydroxyl groups excluding tert-OH is 1. The average molecular weight is 460 g/mol. The maximum absolute atomic E-state index is 11.3.